The van der Waals surface area contributed by atoms with Crippen LogP contribution in [0, 0.1) is 0 Å². The summed E-state index contributed by atoms with van der Waals surface area (Å²) in [5.41, 5.74) is 3.95. The van der Waals surface area contributed by atoms with Crippen LogP contribution in [0.4, 0.5) is 5.69 Å². The van der Waals surface area contributed by atoms with Gasteiger partial charge in [0.05, 0.1) is 33.3 Å². The number of ether oxygens (including phenoxy) is 3. The molecule has 0 fully saturated rings. The minimum absolute atomic E-state index is 0.0789. The van der Waals surface area contributed by atoms with E-state index in [-0.39, 0.29) is 11.8 Å². The van der Waals surface area contributed by atoms with Crippen molar-refractivity contribution in [3.63, 3.8) is 0 Å². The molecule has 0 N–H and O–H groups in total. The van der Waals surface area contributed by atoms with Gasteiger partial charge in [0, 0.05) is 24.8 Å². The first kappa shape index (κ1) is 27.0. The van der Waals surface area contributed by atoms with Crippen LogP contribution in [-0.4, -0.2) is 51.6 Å². The van der Waals surface area contributed by atoms with Crippen LogP contribution in [0.5, 0.6) is 17.2 Å². The summed E-state index contributed by atoms with van der Waals surface area (Å²) in [5, 5.41) is 0. The van der Waals surface area contributed by atoms with Gasteiger partial charge in [-0.25, -0.2) is 0 Å². The molecule has 3 aromatic carbocycles. The number of rotatable bonds is 9. The van der Waals surface area contributed by atoms with E-state index in [4.69, 9.17) is 14.2 Å². The second kappa shape index (κ2) is 11.6. The van der Waals surface area contributed by atoms with Crippen molar-refractivity contribution in [2.24, 2.45) is 0 Å². The fourth-order valence-corrected chi connectivity index (χ4v) is 5.20. The lowest BCUT2D eigenvalue weighted by molar-refractivity contribution is -0.121. The van der Waals surface area contributed by atoms with Crippen LogP contribution in [0.1, 0.15) is 59.3 Å². The molecule has 7 nitrogen and oxygen atoms in total. The molecule has 2 amide bonds. The molecule has 38 heavy (non-hydrogen) atoms. The van der Waals surface area contributed by atoms with Crippen molar-refractivity contribution >= 4 is 17.5 Å². The Hall–Kier alpha value is -4.00. The molecule has 1 heterocycles. The largest absolute Gasteiger partial charge is 0.497 e. The predicted molar refractivity (Wildman–Crippen MR) is 149 cm³/mol. The Kier molecular flexibility index (Phi) is 8.25. The lowest BCUT2D eigenvalue weighted by Crippen LogP contribution is -2.47. The Labute approximate surface area is 224 Å². The SMILES string of the molecule is CCCN(C(=O)C1c2cc(OC)c(OC)cc2C(=O)N(C)C1c1ccc(OC)cc1)c1ccc(CC)cc1. The van der Waals surface area contributed by atoms with Gasteiger partial charge in [0.1, 0.15) is 5.75 Å². The number of hydrogen-bond acceptors (Lipinski definition) is 5. The number of amides is 2. The third kappa shape index (κ3) is 4.93. The quantitative estimate of drug-likeness (QED) is 0.369. The molecule has 3 aromatic rings. The maximum Gasteiger partial charge on any atom is 0.254 e. The van der Waals surface area contributed by atoms with Gasteiger partial charge >= 0.3 is 0 Å². The maximum absolute atomic E-state index is 14.6. The van der Waals surface area contributed by atoms with Crippen LogP contribution in [-0.2, 0) is 11.2 Å². The van der Waals surface area contributed by atoms with Gasteiger partial charge < -0.3 is 24.0 Å². The summed E-state index contributed by atoms with van der Waals surface area (Å²) in [5.74, 6) is 0.701. The number of methoxy groups -OCH3 is 3. The zero-order chi connectivity index (χ0) is 27.4. The zero-order valence-corrected chi connectivity index (χ0v) is 23.0. The molecule has 0 saturated carbocycles. The molecule has 0 radical (unpaired) electrons. The van der Waals surface area contributed by atoms with E-state index in [9.17, 15) is 9.59 Å². The topological polar surface area (TPSA) is 68.3 Å². The predicted octanol–water partition coefficient (Wildman–Crippen LogP) is 5.63. The van der Waals surface area contributed by atoms with Crippen molar-refractivity contribution in [3.05, 3.63) is 82.9 Å². The second-order valence-electron chi connectivity index (χ2n) is 9.42. The smallest absolute Gasteiger partial charge is 0.254 e. The average molecular weight is 517 g/mol. The lowest BCUT2D eigenvalue weighted by Gasteiger charge is -2.42. The molecular weight excluding hydrogens is 480 g/mol. The molecule has 0 aromatic heterocycles. The highest BCUT2D eigenvalue weighted by Gasteiger charge is 2.45. The number of benzene rings is 3. The zero-order valence-electron chi connectivity index (χ0n) is 23.0. The van der Waals surface area contributed by atoms with Crippen LogP contribution in [0.3, 0.4) is 0 Å². The standard InChI is InChI=1S/C31H36N2O5/c1-7-17-33(22-13-9-20(8-2)10-14-22)31(35)28-24-18-26(37-5)27(38-6)19-25(24)30(34)32(3)29(28)21-11-15-23(36-4)16-12-21/h9-16,18-19,28-29H,7-8,17H2,1-6H3. The van der Waals surface area contributed by atoms with E-state index in [1.54, 1.807) is 38.3 Å². The monoisotopic (exact) mass is 516 g/mol. The fourth-order valence-electron chi connectivity index (χ4n) is 5.20. The van der Waals surface area contributed by atoms with Gasteiger partial charge in [-0.3, -0.25) is 9.59 Å². The number of carbonyl (C=O) groups excluding carboxylic acids is 2. The minimum Gasteiger partial charge on any atom is -0.497 e. The Bertz CT molecular complexity index is 1290. The van der Waals surface area contributed by atoms with Gasteiger partial charge in [-0.15, -0.1) is 0 Å². The third-order valence-corrected chi connectivity index (χ3v) is 7.27. The normalized spacial score (nSPS) is 16.6. The van der Waals surface area contributed by atoms with Crippen LogP contribution in [0.2, 0.25) is 0 Å². The molecule has 1 aliphatic heterocycles. The molecule has 1 aliphatic rings. The molecule has 2 unspecified atom stereocenters. The van der Waals surface area contributed by atoms with Crippen molar-refractivity contribution in [2.45, 2.75) is 38.6 Å². The van der Waals surface area contributed by atoms with Crippen molar-refractivity contribution in [2.75, 3.05) is 39.8 Å². The number of aryl methyl sites for hydroxylation is 1. The van der Waals surface area contributed by atoms with E-state index in [0.29, 0.717) is 34.9 Å². The van der Waals surface area contributed by atoms with Crippen LogP contribution in [0.25, 0.3) is 0 Å². The van der Waals surface area contributed by atoms with E-state index in [1.165, 1.54) is 12.7 Å². The van der Waals surface area contributed by atoms with Crippen molar-refractivity contribution in [1.29, 1.82) is 0 Å². The van der Waals surface area contributed by atoms with Crippen LogP contribution < -0.4 is 19.1 Å². The van der Waals surface area contributed by atoms with E-state index >= 15 is 0 Å². The fraction of sp³-hybridized carbons (Fsp3) is 0.355. The molecule has 2 atom stereocenters. The minimum atomic E-state index is -0.668. The summed E-state index contributed by atoms with van der Waals surface area (Å²) in [6.45, 7) is 4.72. The first-order valence-corrected chi connectivity index (χ1v) is 13.0. The highest BCUT2D eigenvalue weighted by atomic mass is 16.5. The Morgan fingerprint density at radius 1 is 0.895 bits per heavy atom. The van der Waals surface area contributed by atoms with Crippen molar-refractivity contribution < 1.29 is 23.8 Å². The van der Waals surface area contributed by atoms with Gasteiger partial charge in [-0.05, 0) is 65.9 Å². The number of likely N-dealkylation sites (N-methyl/N-ethyl adjacent to an activating group) is 1. The Morgan fingerprint density at radius 3 is 2.08 bits per heavy atom. The molecule has 0 bridgehead atoms. The molecule has 200 valence electrons. The van der Waals surface area contributed by atoms with E-state index in [0.717, 1.165) is 24.1 Å². The van der Waals surface area contributed by atoms with Crippen LogP contribution in [0.15, 0.2) is 60.7 Å². The summed E-state index contributed by atoms with van der Waals surface area (Å²) in [4.78, 5) is 31.8. The van der Waals surface area contributed by atoms with Gasteiger partial charge in [-0.1, -0.05) is 38.1 Å². The van der Waals surface area contributed by atoms with E-state index < -0.39 is 12.0 Å². The van der Waals surface area contributed by atoms with Gasteiger partial charge in [0.2, 0.25) is 5.91 Å². The Morgan fingerprint density at radius 2 is 1.53 bits per heavy atom. The maximum atomic E-state index is 14.6. The molecule has 0 aliphatic carbocycles. The molecule has 7 heteroatoms. The second-order valence-corrected chi connectivity index (χ2v) is 9.42. The van der Waals surface area contributed by atoms with Crippen molar-refractivity contribution in [1.82, 2.24) is 4.90 Å². The Balaban J connectivity index is 1.92. The first-order valence-electron chi connectivity index (χ1n) is 13.0. The van der Waals surface area contributed by atoms with Gasteiger partial charge in [0.15, 0.2) is 11.5 Å². The molecule has 4 rings (SSSR count). The number of nitrogens with zero attached hydrogens (tertiary/aromatic N) is 2. The highest BCUT2D eigenvalue weighted by molar-refractivity contribution is 6.05. The van der Waals surface area contributed by atoms with Gasteiger partial charge in [0.25, 0.3) is 5.91 Å². The van der Waals surface area contributed by atoms with Crippen molar-refractivity contribution in [3.8, 4) is 17.2 Å². The number of carbonyl (C=O) groups is 2. The summed E-state index contributed by atoms with van der Waals surface area (Å²) in [6.07, 6.45) is 1.71. The molecular formula is C31H36N2O5. The lowest BCUT2D eigenvalue weighted by atomic mass is 9.78. The third-order valence-electron chi connectivity index (χ3n) is 7.27. The van der Waals surface area contributed by atoms with Crippen LogP contribution >= 0.6 is 0 Å². The number of fused-ring (bicyclic) bond motifs is 1. The summed E-state index contributed by atoms with van der Waals surface area (Å²) in [7, 11) is 6.45. The molecule has 0 spiro atoms. The summed E-state index contributed by atoms with van der Waals surface area (Å²) >= 11 is 0. The average Bonchev–Trinajstić information content (AvgIpc) is 2.96. The number of anilines is 1. The summed E-state index contributed by atoms with van der Waals surface area (Å²) < 4.78 is 16.4. The highest BCUT2D eigenvalue weighted by Crippen LogP contribution is 2.47. The van der Waals surface area contributed by atoms with Gasteiger partial charge in [-0.2, -0.15) is 0 Å². The summed E-state index contributed by atoms with van der Waals surface area (Å²) in [6, 6.07) is 18.6. The molecule has 0 saturated heterocycles. The van der Waals surface area contributed by atoms with E-state index in [2.05, 4.69) is 26.0 Å². The van der Waals surface area contributed by atoms with E-state index in [1.807, 2.05) is 41.3 Å². The number of hydrogen-bond donors (Lipinski definition) is 0. The first-order chi connectivity index (χ1) is 18.4.